The lowest BCUT2D eigenvalue weighted by molar-refractivity contribution is 0.0924. The molecule has 2 rings (SSSR count). The van der Waals surface area contributed by atoms with E-state index >= 15 is 0 Å². The normalized spacial score (nSPS) is 12.1. The molecule has 0 aliphatic rings. The molecule has 0 fully saturated rings. The maximum Gasteiger partial charge on any atom is 0.165 e. The van der Waals surface area contributed by atoms with E-state index in [1.807, 2.05) is 55.5 Å². The average molecular weight is 317 g/mol. The maximum absolute atomic E-state index is 12.2. The van der Waals surface area contributed by atoms with Crippen LogP contribution < -0.4 is 0 Å². The first-order valence-corrected chi connectivity index (χ1v) is 7.30. The zero-order valence-electron chi connectivity index (χ0n) is 11.0. The molecule has 0 aromatic heterocycles. The minimum absolute atomic E-state index is 0.0505. The van der Waals surface area contributed by atoms with E-state index in [0.29, 0.717) is 0 Å². The third kappa shape index (κ3) is 3.77. The second kappa shape index (κ2) is 6.67. The average Bonchev–Trinajstić information content (AvgIpc) is 2.46. The molecule has 0 spiro atoms. The Morgan fingerprint density at radius 3 is 2.37 bits per heavy atom. The summed E-state index contributed by atoms with van der Waals surface area (Å²) in [6.07, 6.45) is 1.79. The quantitative estimate of drug-likeness (QED) is 0.717. The van der Waals surface area contributed by atoms with Crippen LogP contribution in [0.2, 0.25) is 0 Å². The number of benzene rings is 2. The van der Waals surface area contributed by atoms with E-state index in [4.69, 9.17) is 0 Å². The number of hydrogen-bond donors (Lipinski definition) is 0. The molecule has 98 valence electrons. The maximum atomic E-state index is 12.2. The van der Waals surface area contributed by atoms with Crippen molar-refractivity contribution in [1.82, 2.24) is 0 Å². The molecular weight excluding hydrogens is 300 g/mol. The first-order chi connectivity index (χ1) is 9.18. The van der Waals surface area contributed by atoms with Gasteiger partial charge in [0.1, 0.15) is 0 Å². The Kier molecular flexibility index (Phi) is 4.92. The molecule has 2 aromatic carbocycles. The number of Topliss-reactive ketones (excluding diaryl/α,β-unsaturated/α-hetero) is 1. The standard InChI is InChI=1S/C17H17BrO/c1-13(17(19)15-8-3-2-4-9-15)11-12-14-7-5-6-10-16(14)18/h2-10,13H,11-12H2,1H3. The molecule has 19 heavy (non-hydrogen) atoms. The summed E-state index contributed by atoms with van der Waals surface area (Å²) in [5, 5.41) is 0. The second-order valence-electron chi connectivity index (χ2n) is 4.76. The summed E-state index contributed by atoms with van der Waals surface area (Å²) in [6.45, 7) is 2.01. The van der Waals surface area contributed by atoms with Crippen LogP contribution in [0.4, 0.5) is 0 Å². The molecule has 0 N–H and O–H groups in total. The first kappa shape index (κ1) is 14.0. The van der Waals surface area contributed by atoms with Gasteiger partial charge in [0.15, 0.2) is 5.78 Å². The van der Waals surface area contributed by atoms with Gasteiger partial charge in [-0.1, -0.05) is 71.4 Å². The molecule has 2 aromatic rings. The van der Waals surface area contributed by atoms with Gasteiger partial charge in [0.2, 0.25) is 0 Å². The zero-order valence-corrected chi connectivity index (χ0v) is 12.6. The summed E-state index contributed by atoms with van der Waals surface area (Å²) in [5.74, 6) is 0.280. The Hall–Kier alpha value is -1.41. The minimum Gasteiger partial charge on any atom is -0.294 e. The molecular formula is C17H17BrO. The van der Waals surface area contributed by atoms with Gasteiger partial charge in [0.25, 0.3) is 0 Å². The highest BCUT2D eigenvalue weighted by molar-refractivity contribution is 9.10. The largest absolute Gasteiger partial charge is 0.294 e. The number of rotatable bonds is 5. The number of halogens is 1. The fourth-order valence-electron chi connectivity index (χ4n) is 2.09. The van der Waals surface area contributed by atoms with E-state index in [1.54, 1.807) is 0 Å². The van der Waals surface area contributed by atoms with Crippen molar-refractivity contribution in [3.05, 3.63) is 70.2 Å². The highest BCUT2D eigenvalue weighted by Crippen LogP contribution is 2.20. The molecule has 2 heteroatoms. The van der Waals surface area contributed by atoms with Crippen molar-refractivity contribution in [3.8, 4) is 0 Å². The monoisotopic (exact) mass is 316 g/mol. The van der Waals surface area contributed by atoms with Gasteiger partial charge in [-0.25, -0.2) is 0 Å². The molecule has 0 bridgehead atoms. The number of hydrogen-bond acceptors (Lipinski definition) is 1. The highest BCUT2D eigenvalue weighted by atomic mass is 79.9. The smallest absolute Gasteiger partial charge is 0.165 e. The molecule has 1 atom stereocenters. The van der Waals surface area contributed by atoms with Crippen LogP contribution in [0.5, 0.6) is 0 Å². The predicted octanol–water partition coefficient (Wildman–Crippen LogP) is 4.90. The molecule has 0 saturated heterocycles. The van der Waals surface area contributed by atoms with Crippen LogP contribution in [-0.4, -0.2) is 5.78 Å². The van der Waals surface area contributed by atoms with Crippen molar-refractivity contribution < 1.29 is 4.79 Å². The van der Waals surface area contributed by atoms with Crippen LogP contribution in [0.3, 0.4) is 0 Å². The van der Waals surface area contributed by atoms with Gasteiger partial charge in [0, 0.05) is 16.0 Å². The van der Waals surface area contributed by atoms with Crippen molar-refractivity contribution in [2.75, 3.05) is 0 Å². The van der Waals surface area contributed by atoms with Crippen LogP contribution >= 0.6 is 15.9 Å². The van der Waals surface area contributed by atoms with Crippen LogP contribution in [0.25, 0.3) is 0 Å². The molecule has 1 nitrogen and oxygen atoms in total. The first-order valence-electron chi connectivity index (χ1n) is 6.51. The summed E-state index contributed by atoms with van der Waals surface area (Å²) in [4.78, 5) is 12.2. The Balaban J connectivity index is 1.97. The SMILES string of the molecule is CC(CCc1ccccc1Br)C(=O)c1ccccc1. The van der Waals surface area contributed by atoms with Gasteiger partial charge < -0.3 is 0 Å². The van der Waals surface area contributed by atoms with Crippen LogP contribution in [0.15, 0.2) is 59.1 Å². The molecule has 1 unspecified atom stereocenters. The van der Waals surface area contributed by atoms with Crippen LogP contribution in [-0.2, 0) is 6.42 Å². The summed E-state index contributed by atoms with van der Waals surface area (Å²) in [7, 11) is 0. The fraction of sp³-hybridized carbons (Fsp3) is 0.235. The number of aryl methyl sites for hydroxylation is 1. The lowest BCUT2D eigenvalue weighted by Crippen LogP contribution is -2.12. The molecule has 0 amide bonds. The Bertz CT molecular complexity index is 548. The van der Waals surface area contributed by atoms with Gasteiger partial charge in [-0.05, 0) is 24.5 Å². The lowest BCUT2D eigenvalue weighted by atomic mass is 9.93. The third-order valence-electron chi connectivity index (χ3n) is 3.31. The number of carbonyl (C=O) groups excluding carboxylic acids is 1. The molecule has 0 aliphatic heterocycles. The summed E-state index contributed by atoms with van der Waals surface area (Å²) < 4.78 is 1.12. The van der Waals surface area contributed by atoms with Crippen molar-refractivity contribution in [2.24, 2.45) is 5.92 Å². The van der Waals surface area contributed by atoms with E-state index in [-0.39, 0.29) is 11.7 Å². The van der Waals surface area contributed by atoms with Gasteiger partial charge in [0.05, 0.1) is 0 Å². The van der Waals surface area contributed by atoms with Crippen LogP contribution in [0.1, 0.15) is 29.3 Å². The van der Waals surface area contributed by atoms with Gasteiger partial charge in [-0.2, -0.15) is 0 Å². The van der Waals surface area contributed by atoms with Gasteiger partial charge >= 0.3 is 0 Å². The zero-order chi connectivity index (χ0) is 13.7. The van der Waals surface area contributed by atoms with Crippen molar-refractivity contribution in [1.29, 1.82) is 0 Å². The van der Waals surface area contributed by atoms with Crippen molar-refractivity contribution >= 4 is 21.7 Å². The van der Waals surface area contributed by atoms with E-state index < -0.39 is 0 Å². The number of carbonyl (C=O) groups is 1. The van der Waals surface area contributed by atoms with E-state index in [2.05, 4.69) is 22.0 Å². The fourth-order valence-corrected chi connectivity index (χ4v) is 2.57. The third-order valence-corrected chi connectivity index (χ3v) is 4.08. The lowest BCUT2D eigenvalue weighted by Gasteiger charge is -2.11. The summed E-state index contributed by atoms with van der Waals surface area (Å²) in [6, 6.07) is 17.7. The summed E-state index contributed by atoms with van der Waals surface area (Å²) >= 11 is 3.54. The van der Waals surface area contributed by atoms with Crippen molar-refractivity contribution in [3.63, 3.8) is 0 Å². The Morgan fingerprint density at radius 1 is 1.05 bits per heavy atom. The Morgan fingerprint density at radius 2 is 1.68 bits per heavy atom. The second-order valence-corrected chi connectivity index (χ2v) is 5.62. The van der Waals surface area contributed by atoms with Gasteiger partial charge in [-0.15, -0.1) is 0 Å². The molecule has 0 heterocycles. The molecule has 0 aliphatic carbocycles. The predicted molar refractivity (Wildman–Crippen MR) is 82.4 cm³/mol. The molecule has 0 saturated carbocycles. The van der Waals surface area contributed by atoms with Gasteiger partial charge in [-0.3, -0.25) is 4.79 Å². The van der Waals surface area contributed by atoms with E-state index in [1.165, 1.54) is 5.56 Å². The van der Waals surface area contributed by atoms with Crippen molar-refractivity contribution in [2.45, 2.75) is 19.8 Å². The number of ketones is 1. The Labute approximate surface area is 122 Å². The topological polar surface area (TPSA) is 17.1 Å². The highest BCUT2D eigenvalue weighted by Gasteiger charge is 2.15. The van der Waals surface area contributed by atoms with Crippen LogP contribution in [0, 0.1) is 5.92 Å². The van der Waals surface area contributed by atoms with E-state index in [0.717, 1.165) is 22.9 Å². The summed E-state index contributed by atoms with van der Waals surface area (Å²) in [5.41, 5.74) is 2.07. The van der Waals surface area contributed by atoms with E-state index in [9.17, 15) is 4.79 Å². The molecule has 0 radical (unpaired) electrons. The minimum atomic E-state index is 0.0505.